The van der Waals surface area contributed by atoms with Gasteiger partial charge in [0.15, 0.2) is 0 Å². The highest BCUT2D eigenvalue weighted by Gasteiger charge is 2.18. The lowest BCUT2D eigenvalue weighted by atomic mass is 10.3. The smallest absolute Gasteiger partial charge is 0.0774 e. The van der Waals surface area contributed by atoms with Crippen LogP contribution in [0.5, 0.6) is 0 Å². The second kappa shape index (κ2) is 3.91. The number of hydrogen-bond acceptors (Lipinski definition) is 0. The summed E-state index contributed by atoms with van der Waals surface area (Å²) in [6, 6.07) is 0. The minimum absolute atomic E-state index is 1.11. The van der Waals surface area contributed by atoms with Gasteiger partial charge in [0, 0.05) is 0 Å². The molecule has 0 aliphatic heterocycles. The van der Waals surface area contributed by atoms with E-state index in [1.165, 1.54) is 10.8 Å². The zero-order chi connectivity index (χ0) is 9.07. The van der Waals surface area contributed by atoms with Gasteiger partial charge in [0.05, 0.1) is 8.07 Å². The van der Waals surface area contributed by atoms with E-state index < -0.39 is 8.07 Å². The van der Waals surface area contributed by atoms with Gasteiger partial charge in [0.1, 0.15) is 0 Å². The topological polar surface area (TPSA) is 0 Å². The molecule has 0 bridgehead atoms. The molecule has 0 aliphatic rings. The molecule has 0 fully saturated rings. The largest absolute Gasteiger partial charge is 0.0962 e. The van der Waals surface area contributed by atoms with Gasteiger partial charge in [-0.25, -0.2) is 0 Å². The summed E-state index contributed by atoms with van der Waals surface area (Å²) >= 11 is 0. The first kappa shape index (κ1) is 10.7. The minimum Gasteiger partial charge on any atom is -0.0962 e. The summed E-state index contributed by atoms with van der Waals surface area (Å²) in [6.45, 7) is 15.4. The van der Waals surface area contributed by atoms with Crippen molar-refractivity contribution in [1.29, 1.82) is 0 Å². The zero-order valence-corrected chi connectivity index (χ0v) is 9.49. The van der Waals surface area contributed by atoms with Crippen LogP contribution in [0.4, 0.5) is 0 Å². The molecule has 11 heavy (non-hydrogen) atoms. The molecule has 0 N–H and O–H groups in total. The summed E-state index contributed by atoms with van der Waals surface area (Å²) in [7, 11) is -1.11. The maximum atomic E-state index is 4.01. The molecule has 0 unspecified atom stereocenters. The molecule has 0 aromatic heterocycles. The van der Waals surface area contributed by atoms with E-state index >= 15 is 0 Å². The van der Waals surface area contributed by atoms with Crippen molar-refractivity contribution in [2.45, 2.75) is 39.9 Å². The molecule has 0 amide bonds. The van der Waals surface area contributed by atoms with Crippen LogP contribution in [-0.4, -0.2) is 8.07 Å². The maximum Gasteiger partial charge on any atom is 0.0774 e. The van der Waals surface area contributed by atoms with Gasteiger partial charge in [0.25, 0.3) is 0 Å². The Morgan fingerprint density at radius 1 is 1.36 bits per heavy atom. The lowest BCUT2D eigenvalue weighted by Crippen LogP contribution is -2.24. The van der Waals surface area contributed by atoms with Crippen LogP contribution in [0.15, 0.2) is 23.4 Å². The Morgan fingerprint density at radius 2 is 1.82 bits per heavy atom. The Bertz CT molecular complexity index is 170. The van der Waals surface area contributed by atoms with Gasteiger partial charge in [-0.2, -0.15) is 0 Å². The fourth-order valence-corrected chi connectivity index (χ4v) is 3.42. The monoisotopic (exact) mass is 168 g/mol. The van der Waals surface area contributed by atoms with Gasteiger partial charge in [-0.05, 0) is 13.3 Å². The van der Waals surface area contributed by atoms with Gasteiger partial charge in [-0.15, -0.1) is 0 Å². The third-order valence-corrected chi connectivity index (χ3v) is 3.92. The first-order chi connectivity index (χ1) is 4.89. The van der Waals surface area contributed by atoms with Gasteiger partial charge < -0.3 is 0 Å². The molecule has 0 radical (unpaired) electrons. The van der Waals surface area contributed by atoms with E-state index in [0.29, 0.717) is 0 Å². The Hall–Kier alpha value is -0.303. The summed E-state index contributed by atoms with van der Waals surface area (Å²) in [5, 5.41) is 1.53. The molecule has 0 saturated carbocycles. The van der Waals surface area contributed by atoms with Crippen molar-refractivity contribution in [3.05, 3.63) is 23.4 Å². The third kappa shape index (κ3) is 3.56. The third-order valence-electron chi connectivity index (χ3n) is 1.68. The Morgan fingerprint density at radius 3 is 1.91 bits per heavy atom. The summed E-state index contributed by atoms with van der Waals surface area (Å²) in [4.78, 5) is 0. The minimum atomic E-state index is -1.11. The second-order valence-corrected chi connectivity index (χ2v) is 9.10. The van der Waals surface area contributed by atoms with Crippen molar-refractivity contribution in [1.82, 2.24) is 0 Å². The molecule has 0 nitrogen and oxygen atoms in total. The number of allylic oxidation sites excluding steroid dienone is 3. The van der Waals surface area contributed by atoms with Gasteiger partial charge in [-0.3, -0.25) is 0 Å². The van der Waals surface area contributed by atoms with Crippen molar-refractivity contribution < 1.29 is 0 Å². The quantitative estimate of drug-likeness (QED) is 0.444. The van der Waals surface area contributed by atoms with Crippen LogP contribution >= 0.6 is 0 Å². The highest BCUT2D eigenvalue weighted by atomic mass is 28.3. The van der Waals surface area contributed by atoms with Crippen LogP contribution in [0, 0.1) is 0 Å². The molecule has 0 atom stereocenters. The Balaban J connectivity index is 4.63. The standard InChI is InChI=1S/C10H20Si/c1-7-8-10(9(2)3)11(4,5)6/h8H,2,7H2,1,3-6H3/b10-8+. The molecule has 0 heterocycles. The fourth-order valence-electron chi connectivity index (χ4n) is 1.32. The highest BCUT2D eigenvalue weighted by molar-refractivity contribution is 6.83. The predicted octanol–water partition coefficient (Wildman–Crippen LogP) is 3.78. The molecular weight excluding hydrogens is 148 g/mol. The lowest BCUT2D eigenvalue weighted by Gasteiger charge is -2.21. The molecule has 1 heteroatoms. The van der Waals surface area contributed by atoms with E-state index in [0.717, 1.165) is 6.42 Å². The molecule has 0 aromatic carbocycles. The van der Waals surface area contributed by atoms with Crippen LogP contribution < -0.4 is 0 Å². The van der Waals surface area contributed by atoms with Gasteiger partial charge >= 0.3 is 0 Å². The van der Waals surface area contributed by atoms with Crippen LogP contribution in [0.25, 0.3) is 0 Å². The zero-order valence-electron chi connectivity index (χ0n) is 8.49. The van der Waals surface area contributed by atoms with Crippen molar-refractivity contribution in [2.75, 3.05) is 0 Å². The predicted molar refractivity (Wildman–Crippen MR) is 56.5 cm³/mol. The van der Waals surface area contributed by atoms with Crippen molar-refractivity contribution in [3.63, 3.8) is 0 Å². The molecule has 64 valence electrons. The second-order valence-electron chi connectivity index (χ2n) is 4.06. The summed E-state index contributed by atoms with van der Waals surface area (Å²) < 4.78 is 0. The average molecular weight is 168 g/mol. The molecule has 0 spiro atoms. The van der Waals surface area contributed by atoms with Crippen molar-refractivity contribution in [2.24, 2.45) is 0 Å². The van der Waals surface area contributed by atoms with E-state index in [2.05, 4.69) is 46.1 Å². The van der Waals surface area contributed by atoms with E-state index in [9.17, 15) is 0 Å². The van der Waals surface area contributed by atoms with Crippen molar-refractivity contribution >= 4 is 8.07 Å². The van der Waals surface area contributed by atoms with E-state index in [1.54, 1.807) is 0 Å². The Labute approximate surface area is 72.0 Å². The Kier molecular flexibility index (Phi) is 3.80. The van der Waals surface area contributed by atoms with E-state index in [4.69, 9.17) is 0 Å². The van der Waals surface area contributed by atoms with Gasteiger partial charge in [-0.1, -0.05) is 50.0 Å². The van der Waals surface area contributed by atoms with Gasteiger partial charge in [0.2, 0.25) is 0 Å². The number of hydrogen-bond donors (Lipinski definition) is 0. The molecular formula is C10H20Si. The normalized spacial score (nSPS) is 13.4. The average Bonchev–Trinajstić information content (AvgIpc) is 1.79. The summed E-state index contributed by atoms with van der Waals surface area (Å²) in [6.07, 6.45) is 3.46. The number of rotatable bonds is 3. The molecule has 0 aliphatic carbocycles. The van der Waals surface area contributed by atoms with E-state index in [1.807, 2.05) is 0 Å². The van der Waals surface area contributed by atoms with E-state index in [-0.39, 0.29) is 0 Å². The van der Waals surface area contributed by atoms with Crippen LogP contribution in [0.3, 0.4) is 0 Å². The summed E-state index contributed by atoms with van der Waals surface area (Å²) in [5.41, 5.74) is 1.26. The van der Waals surface area contributed by atoms with Crippen LogP contribution in [0.2, 0.25) is 19.6 Å². The fraction of sp³-hybridized carbons (Fsp3) is 0.600. The molecule has 0 rings (SSSR count). The lowest BCUT2D eigenvalue weighted by molar-refractivity contribution is 1.20. The SMILES string of the molecule is C=C(C)/C(=C\CC)[Si](C)(C)C. The summed E-state index contributed by atoms with van der Waals surface area (Å²) in [5.74, 6) is 0. The molecule has 0 aromatic rings. The molecule has 0 saturated heterocycles. The van der Waals surface area contributed by atoms with Crippen LogP contribution in [0.1, 0.15) is 20.3 Å². The maximum absolute atomic E-state index is 4.01. The first-order valence-electron chi connectivity index (χ1n) is 4.26. The van der Waals surface area contributed by atoms with Crippen LogP contribution in [-0.2, 0) is 0 Å². The van der Waals surface area contributed by atoms with Crippen molar-refractivity contribution in [3.8, 4) is 0 Å². The first-order valence-corrected chi connectivity index (χ1v) is 7.76. The highest BCUT2D eigenvalue weighted by Crippen LogP contribution is 2.21.